The van der Waals surface area contributed by atoms with E-state index in [1.54, 1.807) is 0 Å². The lowest BCUT2D eigenvalue weighted by atomic mass is 10.2. The van der Waals surface area contributed by atoms with Crippen LogP contribution in [0.5, 0.6) is 0 Å². The number of likely N-dealkylation sites (tertiary alicyclic amines) is 1. The minimum absolute atomic E-state index is 0.166. The molecule has 0 radical (unpaired) electrons. The highest BCUT2D eigenvalue weighted by Gasteiger charge is 2.38. The molecule has 1 aromatic rings. The molecule has 0 unspecified atom stereocenters. The van der Waals surface area contributed by atoms with Gasteiger partial charge >= 0.3 is 12.1 Å². The number of benzene rings is 1. The molecule has 0 aromatic heterocycles. The molecule has 124 valence electrons. The van der Waals surface area contributed by atoms with Gasteiger partial charge in [-0.25, -0.2) is 4.79 Å². The molecule has 7 heteroatoms. The fourth-order valence-corrected chi connectivity index (χ4v) is 2.47. The number of esters is 1. The molecule has 0 aliphatic carbocycles. The number of ether oxygens (including phenoxy) is 2. The van der Waals surface area contributed by atoms with Crippen molar-refractivity contribution in [3.63, 3.8) is 0 Å². The van der Waals surface area contributed by atoms with Gasteiger partial charge in [-0.2, -0.15) is 0 Å². The largest absolute Gasteiger partial charge is 0.458 e. The summed E-state index contributed by atoms with van der Waals surface area (Å²) in [5, 5.41) is 2.69. The first-order chi connectivity index (χ1) is 11.0. The highest BCUT2D eigenvalue weighted by Crippen LogP contribution is 2.16. The molecule has 2 amide bonds. The van der Waals surface area contributed by atoms with Crippen LogP contribution in [-0.2, 0) is 25.7 Å². The zero-order valence-corrected chi connectivity index (χ0v) is 13.2. The Morgan fingerprint density at radius 1 is 1.17 bits per heavy atom. The lowest BCUT2D eigenvalue weighted by molar-refractivity contribution is -0.147. The Kier molecular flexibility index (Phi) is 5.56. The molecule has 2 rings (SSSR count). The monoisotopic (exact) mass is 320 g/mol. The molecule has 1 aliphatic rings. The Bertz CT molecular complexity index is 551. The smallest absolute Gasteiger partial charge is 0.410 e. The topological polar surface area (TPSA) is 84.9 Å². The van der Waals surface area contributed by atoms with Crippen LogP contribution in [0.25, 0.3) is 0 Å². The molecule has 0 saturated carbocycles. The summed E-state index contributed by atoms with van der Waals surface area (Å²) in [5.41, 5.74) is 0.884. The van der Waals surface area contributed by atoms with Crippen LogP contribution in [-0.4, -0.2) is 48.1 Å². The number of amides is 2. The number of nitrogens with zero attached hydrogens (tertiary/aromatic N) is 1. The van der Waals surface area contributed by atoms with Crippen molar-refractivity contribution in [2.75, 3.05) is 13.1 Å². The highest BCUT2D eigenvalue weighted by molar-refractivity contribution is 5.74. The number of hydrogen-bond acceptors (Lipinski definition) is 5. The maximum absolute atomic E-state index is 12.1. The molecule has 7 nitrogen and oxygen atoms in total. The zero-order valence-electron chi connectivity index (χ0n) is 13.2. The van der Waals surface area contributed by atoms with Crippen molar-refractivity contribution in [3.05, 3.63) is 35.9 Å². The molecule has 0 bridgehead atoms. The van der Waals surface area contributed by atoms with Gasteiger partial charge in [0.1, 0.15) is 12.7 Å². The normalized spacial score (nSPS) is 20.0. The maximum atomic E-state index is 12.1. The summed E-state index contributed by atoms with van der Waals surface area (Å²) in [4.78, 5) is 35.9. The average molecular weight is 320 g/mol. The summed E-state index contributed by atoms with van der Waals surface area (Å²) in [6, 6.07) is 8.90. The molecule has 1 saturated heterocycles. The van der Waals surface area contributed by atoms with E-state index in [2.05, 4.69) is 5.32 Å². The third-order valence-electron chi connectivity index (χ3n) is 3.44. The van der Waals surface area contributed by atoms with E-state index in [9.17, 15) is 14.4 Å². The predicted octanol–water partition coefficient (Wildman–Crippen LogP) is 1.08. The standard InChI is InChI=1S/C16H20N2O5/c1-11(19)17-14-8-18(9-15(14)23-12(2)20)16(21)22-10-13-6-4-3-5-7-13/h3-7,14-15H,8-10H2,1-2H3,(H,17,19)/t14-,15-/m1/s1. The first kappa shape index (κ1) is 16.8. The summed E-state index contributed by atoms with van der Waals surface area (Å²) in [6.07, 6.45) is -1.07. The van der Waals surface area contributed by atoms with Crippen molar-refractivity contribution < 1.29 is 23.9 Å². The maximum Gasteiger partial charge on any atom is 0.410 e. The van der Waals surface area contributed by atoms with E-state index in [0.29, 0.717) is 0 Å². The van der Waals surface area contributed by atoms with Gasteiger partial charge in [-0.15, -0.1) is 0 Å². The minimum atomic E-state index is -0.569. The molecule has 1 heterocycles. The predicted molar refractivity (Wildman–Crippen MR) is 81.4 cm³/mol. The van der Waals surface area contributed by atoms with Crippen LogP contribution in [0, 0.1) is 0 Å². The Morgan fingerprint density at radius 3 is 2.48 bits per heavy atom. The lowest BCUT2D eigenvalue weighted by Gasteiger charge is -2.17. The van der Waals surface area contributed by atoms with Gasteiger partial charge in [-0.1, -0.05) is 30.3 Å². The van der Waals surface area contributed by atoms with E-state index in [0.717, 1.165) is 5.56 Å². The minimum Gasteiger partial charge on any atom is -0.458 e. The molecule has 1 aromatic carbocycles. The summed E-state index contributed by atoms with van der Waals surface area (Å²) in [7, 11) is 0. The van der Waals surface area contributed by atoms with E-state index in [4.69, 9.17) is 9.47 Å². The van der Waals surface area contributed by atoms with Gasteiger partial charge in [0, 0.05) is 20.4 Å². The highest BCUT2D eigenvalue weighted by atomic mass is 16.6. The number of carbonyl (C=O) groups excluding carboxylic acids is 3. The molecule has 1 aliphatic heterocycles. The summed E-state index contributed by atoms with van der Waals surface area (Å²) in [5.74, 6) is -0.698. The average Bonchev–Trinajstić information content (AvgIpc) is 2.87. The van der Waals surface area contributed by atoms with Crippen LogP contribution in [0.1, 0.15) is 19.4 Å². The molecule has 2 atom stereocenters. The van der Waals surface area contributed by atoms with Crippen LogP contribution in [0.3, 0.4) is 0 Å². The van der Waals surface area contributed by atoms with Crippen LogP contribution in [0.15, 0.2) is 30.3 Å². The number of carbonyl (C=O) groups is 3. The van der Waals surface area contributed by atoms with E-state index in [1.807, 2.05) is 30.3 Å². The Hall–Kier alpha value is -2.57. The van der Waals surface area contributed by atoms with Crippen LogP contribution in [0.2, 0.25) is 0 Å². The van der Waals surface area contributed by atoms with Crippen molar-refractivity contribution >= 4 is 18.0 Å². The Morgan fingerprint density at radius 2 is 1.87 bits per heavy atom. The lowest BCUT2D eigenvalue weighted by Crippen LogP contribution is -2.43. The summed E-state index contributed by atoms with van der Waals surface area (Å²) in [6.45, 7) is 3.27. The number of hydrogen-bond donors (Lipinski definition) is 1. The van der Waals surface area contributed by atoms with Gasteiger partial charge in [-0.05, 0) is 5.56 Å². The van der Waals surface area contributed by atoms with Gasteiger partial charge in [0.2, 0.25) is 5.91 Å². The Balaban J connectivity index is 1.92. The number of rotatable bonds is 4. The van der Waals surface area contributed by atoms with Crippen molar-refractivity contribution in [1.82, 2.24) is 10.2 Å². The molecule has 23 heavy (non-hydrogen) atoms. The molecular formula is C16H20N2O5. The van der Waals surface area contributed by atoms with E-state index in [1.165, 1.54) is 18.7 Å². The summed E-state index contributed by atoms with van der Waals surface area (Å²) < 4.78 is 10.4. The van der Waals surface area contributed by atoms with Crippen LogP contribution in [0.4, 0.5) is 4.79 Å². The van der Waals surface area contributed by atoms with Gasteiger partial charge in [0.05, 0.1) is 12.6 Å². The second kappa shape index (κ2) is 7.62. The fraction of sp³-hybridized carbons (Fsp3) is 0.438. The van der Waals surface area contributed by atoms with E-state index >= 15 is 0 Å². The van der Waals surface area contributed by atoms with Gasteiger partial charge < -0.3 is 19.7 Å². The SMILES string of the molecule is CC(=O)N[C@@H]1CN(C(=O)OCc2ccccc2)C[C@H]1OC(C)=O. The van der Waals surface area contributed by atoms with Crippen LogP contribution >= 0.6 is 0 Å². The molecule has 1 N–H and O–H groups in total. The second-order valence-corrected chi connectivity index (χ2v) is 5.40. The molecule has 1 fully saturated rings. The first-order valence-electron chi connectivity index (χ1n) is 7.35. The summed E-state index contributed by atoms with van der Waals surface area (Å²) >= 11 is 0. The van der Waals surface area contributed by atoms with E-state index in [-0.39, 0.29) is 25.6 Å². The number of nitrogens with one attached hydrogen (secondary N) is 1. The Labute approximate surface area is 134 Å². The van der Waals surface area contributed by atoms with Crippen molar-refractivity contribution in [1.29, 1.82) is 0 Å². The van der Waals surface area contributed by atoms with Gasteiger partial charge in [0.25, 0.3) is 0 Å². The van der Waals surface area contributed by atoms with Crippen molar-refractivity contribution in [2.45, 2.75) is 32.6 Å². The quantitative estimate of drug-likeness (QED) is 0.839. The second-order valence-electron chi connectivity index (χ2n) is 5.40. The third-order valence-corrected chi connectivity index (χ3v) is 3.44. The van der Waals surface area contributed by atoms with E-state index < -0.39 is 24.2 Å². The van der Waals surface area contributed by atoms with Gasteiger partial charge in [0.15, 0.2) is 0 Å². The fourth-order valence-electron chi connectivity index (χ4n) is 2.47. The van der Waals surface area contributed by atoms with Crippen LogP contribution < -0.4 is 5.32 Å². The first-order valence-corrected chi connectivity index (χ1v) is 7.35. The zero-order chi connectivity index (χ0) is 16.8. The van der Waals surface area contributed by atoms with Gasteiger partial charge in [-0.3, -0.25) is 9.59 Å². The van der Waals surface area contributed by atoms with Crippen molar-refractivity contribution in [3.8, 4) is 0 Å². The molecular weight excluding hydrogens is 300 g/mol. The van der Waals surface area contributed by atoms with Crippen molar-refractivity contribution in [2.24, 2.45) is 0 Å². The molecule has 0 spiro atoms. The third kappa shape index (κ3) is 4.98.